The molecule has 0 aliphatic rings. The number of aliphatic hydroxyl groups excluding tert-OH is 4. The molecule has 0 aliphatic heterocycles. The van der Waals surface area contributed by atoms with E-state index in [1.54, 1.807) is 0 Å². The van der Waals surface area contributed by atoms with Crippen LogP contribution in [0.3, 0.4) is 0 Å². The highest BCUT2D eigenvalue weighted by molar-refractivity contribution is 5.92. The molecular weight excluding hydrogens is 184 g/mol. The lowest BCUT2D eigenvalue weighted by molar-refractivity contribution is -0.160. The van der Waals surface area contributed by atoms with E-state index in [0.29, 0.717) is 0 Å². The van der Waals surface area contributed by atoms with E-state index in [1.165, 1.54) is 0 Å². The van der Waals surface area contributed by atoms with Crippen molar-refractivity contribution < 1.29 is 35.1 Å². The second kappa shape index (κ2) is 4.87. The van der Waals surface area contributed by atoms with Gasteiger partial charge in [-0.25, -0.2) is 4.79 Å². The number of ketones is 1. The first kappa shape index (κ1) is 12.0. The van der Waals surface area contributed by atoms with Crippen LogP contribution in [0.4, 0.5) is 0 Å². The third kappa shape index (κ3) is 3.07. The molecule has 5 N–H and O–H groups in total. The van der Waals surface area contributed by atoms with Gasteiger partial charge in [-0.2, -0.15) is 0 Å². The summed E-state index contributed by atoms with van der Waals surface area (Å²) in [4.78, 5) is 20.8. The lowest BCUT2D eigenvalue weighted by Crippen LogP contribution is -2.45. The maximum absolute atomic E-state index is 10.7. The molecule has 0 saturated heterocycles. The van der Waals surface area contributed by atoms with Crippen LogP contribution >= 0.6 is 0 Å². The van der Waals surface area contributed by atoms with E-state index < -0.39 is 36.7 Å². The maximum Gasteiger partial charge on any atom is 0.335 e. The molecule has 76 valence electrons. The van der Waals surface area contributed by atoms with Crippen LogP contribution < -0.4 is 0 Å². The number of carboxylic acids is 1. The molecule has 0 bridgehead atoms. The number of carbonyl (C=O) groups excluding carboxylic acids is 1. The Labute approximate surface area is 72.9 Å². The second-order valence-electron chi connectivity index (χ2n) is 2.33. The second-order valence-corrected chi connectivity index (χ2v) is 2.33. The fourth-order valence-corrected chi connectivity index (χ4v) is 0.578. The Bertz CT molecular complexity index is 201. The van der Waals surface area contributed by atoms with Crippen molar-refractivity contribution >= 4 is 11.8 Å². The Kier molecular flexibility index (Phi) is 4.49. The molecule has 0 aromatic heterocycles. The van der Waals surface area contributed by atoms with Gasteiger partial charge in [0.15, 0.2) is 18.0 Å². The van der Waals surface area contributed by atoms with E-state index in [-0.39, 0.29) is 0 Å². The SMILES string of the molecule is O=C(O)[C@H](O)[C@@H](O)C(=O)[C@H](O)CO. The summed E-state index contributed by atoms with van der Waals surface area (Å²) in [6.07, 6.45) is -6.42. The molecule has 0 rings (SSSR count). The number of hydrogen-bond acceptors (Lipinski definition) is 6. The Morgan fingerprint density at radius 2 is 1.54 bits per heavy atom. The van der Waals surface area contributed by atoms with Gasteiger partial charge in [-0.05, 0) is 0 Å². The molecule has 13 heavy (non-hydrogen) atoms. The van der Waals surface area contributed by atoms with Crippen LogP contribution in [0.25, 0.3) is 0 Å². The Morgan fingerprint density at radius 3 is 1.85 bits per heavy atom. The smallest absolute Gasteiger partial charge is 0.335 e. The van der Waals surface area contributed by atoms with E-state index in [4.69, 9.17) is 25.5 Å². The zero-order chi connectivity index (χ0) is 10.6. The summed E-state index contributed by atoms with van der Waals surface area (Å²) >= 11 is 0. The van der Waals surface area contributed by atoms with Crippen molar-refractivity contribution in [1.82, 2.24) is 0 Å². The zero-order valence-electron chi connectivity index (χ0n) is 6.49. The number of carbonyl (C=O) groups is 2. The summed E-state index contributed by atoms with van der Waals surface area (Å²) in [6, 6.07) is 0. The summed E-state index contributed by atoms with van der Waals surface area (Å²) in [5.74, 6) is -3.12. The van der Waals surface area contributed by atoms with Crippen molar-refractivity contribution in [1.29, 1.82) is 0 Å². The predicted molar refractivity (Wildman–Crippen MR) is 37.7 cm³/mol. The summed E-state index contributed by atoms with van der Waals surface area (Å²) in [5.41, 5.74) is 0. The molecule has 0 aromatic rings. The van der Waals surface area contributed by atoms with Gasteiger partial charge in [0.25, 0.3) is 0 Å². The quantitative estimate of drug-likeness (QED) is 0.309. The maximum atomic E-state index is 10.7. The summed E-state index contributed by atoms with van der Waals surface area (Å²) in [7, 11) is 0. The van der Waals surface area contributed by atoms with E-state index in [2.05, 4.69) is 0 Å². The fraction of sp³-hybridized carbons (Fsp3) is 0.667. The molecule has 0 saturated carbocycles. The van der Waals surface area contributed by atoms with E-state index >= 15 is 0 Å². The molecule has 0 radical (unpaired) electrons. The first-order valence-corrected chi connectivity index (χ1v) is 3.33. The van der Waals surface area contributed by atoms with Gasteiger partial charge in [-0.1, -0.05) is 0 Å². The van der Waals surface area contributed by atoms with Crippen molar-refractivity contribution in [2.75, 3.05) is 6.61 Å². The normalized spacial score (nSPS) is 17.5. The van der Waals surface area contributed by atoms with Gasteiger partial charge in [0.2, 0.25) is 0 Å². The lowest BCUT2D eigenvalue weighted by Gasteiger charge is -2.14. The topological polar surface area (TPSA) is 135 Å². The van der Waals surface area contributed by atoms with Crippen LogP contribution in [0.15, 0.2) is 0 Å². The number of rotatable bonds is 5. The Hall–Kier alpha value is -1.02. The monoisotopic (exact) mass is 194 g/mol. The van der Waals surface area contributed by atoms with Crippen molar-refractivity contribution in [3.8, 4) is 0 Å². The van der Waals surface area contributed by atoms with Crippen molar-refractivity contribution in [3.63, 3.8) is 0 Å². The molecule has 0 heterocycles. The van der Waals surface area contributed by atoms with Gasteiger partial charge in [0.1, 0.15) is 6.10 Å². The first-order chi connectivity index (χ1) is 5.91. The summed E-state index contributed by atoms with van der Waals surface area (Å²) in [5, 5.41) is 42.5. The van der Waals surface area contributed by atoms with Crippen LogP contribution in [0, 0.1) is 0 Å². The number of hydrogen-bond donors (Lipinski definition) is 5. The Morgan fingerprint density at radius 1 is 1.08 bits per heavy atom. The highest BCUT2D eigenvalue weighted by Gasteiger charge is 2.33. The molecule has 0 aliphatic carbocycles. The highest BCUT2D eigenvalue weighted by Crippen LogP contribution is 1.99. The molecule has 7 heteroatoms. The van der Waals surface area contributed by atoms with Crippen molar-refractivity contribution in [2.45, 2.75) is 18.3 Å². The minimum absolute atomic E-state index is 0.942. The van der Waals surface area contributed by atoms with Gasteiger partial charge in [0, 0.05) is 0 Å². The average molecular weight is 194 g/mol. The summed E-state index contributed by atoms with van der Waals surface area (Å²) < 4.78 is 0. The highest BCUT2D eigenvalue weighted by atomic mass is 16.4. The Balaban J connectivity index is 4.33. The average Bonchev–Trinajstić information content (AvgIpc) is 2.12. The van der Waals surface area contributed by atoms with Crippen LogP contribution in [0.5, 0.6) is 0 Å². The predicted octanol–water partition coefficient (Wildman–Crippen LogP) is -3.28. The number of aliphatic carboxylic acids is 1. The molecule has 7 nitrogen and oxygen atoms in total. The van der Waals surface area contributed by atoms with Crippen molar-refractivity contribution in [2.24, 2.45) is 0 Å². The lowest BCUT2D eigenvalue weighted by atomic mass is 10.1. The van der Waals surface area contributed by atoms with Gasteiger partial charge < -0.3 is 25.5 Å². The van der Waals surface area contributed by atoms with Crippen LogP contribution in [-0.4, -0.2) is 62.2 Å². The van der Waals surface area contributed by atoms with E-state index in [1.807, 2.05) is 0 Å². The molecule has 0 fully saturated rings. The largest absolute Gasteiger partial charge is 0.479 e. The first-order valence-electron chi connectivity index (χ1n) is 3.33. The fourth-order valence-electron chi connectivity index (χ4n) is 0.578. The molecule has 0 spiro atoms. The zero-order valence-corrected chi connectivity index (χ0v) is 6.49. The number of carboxylic acid groups (broad SMARTS) is 1. The van der Waals surface area contributed by atoms with Crippen LogP contribution in [0.1, 0.15) is 0 Å². The molecule has 0 unspecified atom stereocenters. The summed E-state index contributed by atoms with van der Waals surface area (Å²) in [6.45, 7) is -0.942. The van der Waals surface area contributed by atoms with E-state index in [0.717, 1.165) is 0 Å². The molecule has 0 aromatic carbocycles. The number of Topliss-reactive ketones (excluding diaryl/α,β-unsaturated/α-hetero) is 1. The van der Waals surface area contributed by atoms with E-state index in [9.17, 15) is 9.59 Å². The van der Waals surface area contributed by atoms with Crippen LogP contribution in [-0.2, 0) is 9.59 Å². The van der Waals surface area contributed by atoms with Gasteiger partial charge >= 0.3 is 5.97 Å². The van der Waals surface area contributed by atoms with Crippen LogP contribution in [0.2, 0.25) is 0 Å². The standard InChI is InChI=1S/C6H10O7/c7-1-2(8)3(9)4(10)5(11)6(12)13/h2,4-5,7-8,10-11H,1H2,(H,12,13)/t2-,4+,5-/m1/s1. The minimum Gasteiger partial charge on any atom is -0.479 e. The third-order valence-electron chi connectivity index (χ3n) is 1.34. The van der Waals surface area contributed by atoms with Gasteiger partial charge in [-0.15, -0.1) is 0 Å². The third-order valence-corrected chi connectivity index (χ3v) is 1.34. The van der Waals surface area contributed by atoms with Gasteiger partial charge in [0.05, 0.1) is 6.61 Å². The molecule has 3 atom stereocenters. The molecule has 0 amide bonds. The number of aliphatic hydroxyl groups is 4. The van der Waals surface area contributed by atoms with Crippen molar-refractivity contribution in [3.05, 3.63) is 0 Å². The minimum atomic E-state index is -2.30. The molecular formula is C6H10O7. The van der Waals surface area contributed by atoms with Gasteiger partial charge in [-0.3, -0.25) is 4.79 Å².